The predicted molar refractivity (Wildman–Crippen MR) is 65.9 cm³/mol. The Hall–Kier alpha value is -0.650. The summed E-state index contributed by atoms with van der Waals surface area (Å²) < 4.78 is 10.2. The summed E-state index contributed by atoms with van der Waals surface area (Å²) in [5.74, 6) is -0.795. The van der Waals surface area contributed by atoms with Crippen molar-refractivity contribution in [1.29, 1.82) is 0 Å². The van der Waals surface area contributed by atoms with E-state index >= 15 is 0 Å². The summed E-state index contributed by atoms with van der Waals surface area (Å²) in [5, 5.41) is 9.29. The molecule has 1 unspecified atom stereocenters. The molecule has 17 heavy (non-hydrogen) atoms. The minimum atomic E-state index is -0.829. The Kier molecular flexibility index (Phi) is 8.12. The maximum atomic E-state index is 11.3. The van der Waals surface area contributed by atoms with Crippen LogP contribution in [0.4, 0.5) is 0 Å². The first-order chi connectivity index (χ1) is 8.01. The second-order valence-corrected chi connectivity index (χ2v) is 4.53. The summed E-state index contributed by atoms with van der Waals surface area (Å²) in [7, 11) is 1.62. The van der Waals surface area contributed by atoms with E-state index in [0.29, 0.717) is 32.7 Å². The van der Waals surface area contributed by atoms with Gasteiger partial charge in [0.1, 0.15) is 0 Å². The van der Waals surface area contributed by atoms with Crippen molar-refractivity contribution in [2.45, 2.75) is 26.7 Å². The first kappa shape index (κ1) is 16.4. The third kappa shape index (κ3) is 5.02. The fraction of sp³-hybridized carbons (Fsp3) is 0.917. The lowest BCUT2D eigenvalue weighted by atomic mass is 9.74. The van der Waals surface area contributed by atoms with Gasteiger partial charge in [0.15, 0.2) is 0 Å². The largest absolute Gasteiger partial charge is 0.481 e. The molecule has 0 rings (SSSR count). The maximum absolute atomic E-state index is 11.3. The van der Waals surface area contributed by atoms with E-state index in [1.807, 2.05) is 13.8 Å². The maximum Gasteiger partial charge on any atom is 0.311 e. The van der Waals surface area contributed by atoms with E-state index in [1.165, 1.54) is 0 Å². The number of ether oxygens (including phenoxy) is 2. The molecular formula is C12H25NO4. The van der Waals surface area contributed by atoms with Crippen LogP contribution in [0, 0.1) is 11.3 Å². The van der Waals surface area contributed by atoms with Gasteiger partial charge in [-0.05, 0) is 18.8 Å². The van der Waals surface area contributed by atoms with Crippen molar-refractivity contribution < 1.29 is 19.4 Å². The fourth-order valence-electron chi connectivity index (χ4n) is 1.80. The average Bonchev–Trinajstić information content (AvgIpc) is 2.27. The van der Waals surface area contributed by atoms with Crippen LogP contribution in [-0.2, 0) is 14.3 Å². The molecule has 5 nitrogen and oxygen atoms in total. The van der Waals surface area contributed by atoms with E-state index in [1.54, 1.807) is 7.11 Å². The molecule has 0 aromatic rings. The number of hydrogen-bond donors (Lipinski definition) is 2. The fourth-order valence-corrected chi connectivity index (χ4v) is 1.80. The van der Waals surface area contributed by atoms with Crippen molar-refractivity contribution >= 4 is 5.97 Å². The first-order valence-corrected chi connectivity index (χ1v) is 6.01. The Bertz CT molecular complexity index is 221. The van der Waals surface area contributed by atoms with Crippen LogP contribution >= 0.6 is 0 Å². The molecule has 3 N–H and O–H groups in total. The Labute approximate surface area is 103 Å². The lowest BCUT2D eigenvalue weighted by molar-refractivity contribution is -0.152. The van der Waals surface area contributed by atoms with Crippen LogP contribution in [0.1, 0.15) is 26.7 Å². The minimum absolute atomic E-state index is 0.0176. The molecule has 0 aromatic carbocycles. The molecule has 0 aliphatic heterocycles. The lowest BCUT2D eigenvalue weighted by Gasteiger charge is -2.32. The van der Waals surface area contributed by atoms with Crippen LogP contribution < -0.4 is 5.73 Å². The Morgan fingerprint density at radius 2 is 2.00 bits per heavy atom. The molecule has 1 atom stereocenters. The van der Waals surface area contributed by atoms with E-state index in [0.717, 1.165) is 0 Å². The van der Waals surface area contributed by atoms with Gasteiger partial charge < -0.3 is 20.3 Å². The minimum Gasteiger partial charge on any atom is -0.481 e. The third-order valence-corrected chi connectivity index (χ3v) is 3.24. The van der Waals surface area contributed by atoms with Gasteiger partial charge in [0, 0.05) is 20.3 Å². The summed E-state index contributed by atoms with van der Waals surface area (Å²) >= 11 is 0. The molecule has 0 aromatic heterocycles. The number of carboxylic acids is 1. The van der Waals surface area contributed by atoms with Gasteiger partial charge in [-0.1, -0.05) is 13.8 Å². The number of carbonyl (C=O) groups is 1. The first-order valence-electron chi connectivity index (χ1n) is 6.01. The van der Waals surface area contributed by atoms with Gasteiger partial charge in [0.25, 0.3) is 0 Å². The molecule has 0 aliphatic carbocycles. The number of carboxylic acid groups (broad SMARTS) is 1. The Morgan fingerprint density at radius 3 is 2.41 bits per heavy atom. The van der Waals surface area contributed by atoms with Crippen LogP contribution in [0.2, 0.25) is 0 Å². The zero-order chi connectivity index (χ0) is 13.3. The van der Waals surface area contributed by atoms with Gasteiger partial charge in [-0.3, -0.25) is 4.79 Å². The van der Waals surface area contributed by atoms with E-state index in [2.05, 4.69) is 0 Å². The van der Waals surface area contributed by atoms with E-state index in [4.69, 9.17) is 15.2 Å². The smallest absolute Gasteiger partial charge is 0.311 e. The predicted octanol–water partition coefficient (Wildman–Crippen LogP) is 1.12. The molecular weight excluding hydrogens is 222 g/mol. The molecule has 0 saturated heterocycles. The molecule has 0 heterocycles. The standard InChI is InChI=1S/C12H25NO4/c1-10(2)12(9-13,11(14)15)5-4-6-17-8-7-16-3/h10H,4-9,13H2,1-3H3,(H,14,15). The molecule has 5 heteroatoms. The van der Waals surface area contributed by atoms with Crippen LogP contribution in [0.25, 0.3) is 0 Å². The summed E-state index contributed by atoms with van der Waals surface area (Å²) in [6.45, 7) is 5.61. The summed E-state index contributed by atoms with van der Waals surface area (Å²) in [6, 6.07) is 0. The van der Waals surface area contributed by atoms with Gasteiger partial charge in [0.05, 0.1) is 18.6 Å². The van der Waals surface area contributed by atoms with Gasteiger partial charge in [-0.15, -0.1) is 0 Å². The van der Waals surface area contributed by atoms with E-state index < -0.39 is 11.4 Å². The molecule has 0 amide bonds. The van der Waals surface area contributed by atoms with Crippen molar-refractivity contribution in [2.24, 2.45) is 17.1 Å². The van der Waals surface area contributed by atoms with E-state index in [-0.39, 0.29) is 12.5 Å². The highest BCUT2D eigenvalue weighted by molar-refractivity contribution is 5.75. The van der Waals surface area contributed by atoms with Gasteiger partial charge in [-0.25, -0.2) is 0 Å². The molecule has 0 radical (unpaired) electrons. The zero-order valence-corrected chi connectivity index (χ0v) is 11.1. The highest BCUT2D eigenvalue weighted by Gasteiger charge is 2.39. The summed E-state index contributed by atoms with van der Waals surface area (Å²) in [6.07, 6.45) is 1.24. The van der Waals surface area contributed by atoms with E-state index in [9.17, 15) is 9.90 Å². The van der Waals surface area contributed by atoms with Gasteiger partial charge >= 0.3 is 5.97 Å². The third-order valence-electron chi connectivity index (χ3n) is 3.24. The van der Waals surface area contributed by atoms with Crippen molar-refractivity contribution in [2.75, 3.05) is 33.5 Å². The Morgan fingerprint density at radius 1 is 1.35 bits per heavy atom. The normalized spacial score (nSPS) is 14.9. The number of methoxy groups -OCH3 is 1. The molecule has 0 aliphatic rings. The summed E-state index contributed by atoms with van der Waals surface area (Å²) in [5.41, 5.74) is 4.80. The second kappa shape index (κ2) is 8.44. The monoisotopic (exact) mass is 247 g/mol. The second-order valence-electron chi connectivity index (χ2n) is 4.53. The number of hydrogen-bond acceptors (Lipinski definition) is 4. The number of nitrogens with two attached hydrogens (primary N) is 1. The van der Waals surface area contributed by atoms with Crippen molar-refractivity contribution in [1.82, 2.24) is 0 Å². The topological polar surface area (TPSA) is 81.8 Å². The average molecular weight is 247 g/mol. The molecule has 102 valence electrons. The highest BCUT2D eigenvalue weighted by atomic mass is 16.5. The van der Waals surface area contributed by atoms with Crippen LogP contribution in [0.3, 0.4) is 0 Å². The highest BCUT2D eigenvalue weighted by Crippen LogP contribution is 2.32. The molecule has 0 bridgehead atoms. The zero-order valence-electron chi connectivity index (χ0n) is 11.1. The lowest BCUT2D eigenvalue weighted by Crippen LogP contribution is -2.43. The van der Waals surface area contributed by atoms with Crippen LogP contribution in [0.5, 0.6) is 0 Å². The SMILES string of the molecule is COCCOCCCC(CN)(C(=O)O)C(C)C. The van der Waals surface area contributed by atoms with Crippen molar-refractivity contribution in [3.63, 3.8) is 0 Å². The summed E-state index contributed by atoms with van der Waals surface area (Å²) in [4.78, 5) is 11.3. The molecule has 0 saturated carbocycles. The van der Waals surface area contributed by atoms with Gasteiger partial charge in [0.2, 0.25) is 0 Å². The quantitative estimate of drug-likeness (QED) is 0.565. The van der Waals surface area contributed by atoms with Crippen LogP contribution in [-0.4, -0.2) is 44.6 Å². The van der Waals surface area contributed by atoms with Crippen molar-refractivity contribution in [3.8, 4) is 0 Å². The number of rotatable bonds is 10. The van der Waals surface area contributed by atoms with Gasteiger partial charge in [-0.2, -0.15) is 0 Å². The molecule has 0 fully saturated rings. The van der Waals surface area contributed by atoms with Crippen molar-refractivity contribution in [3.05, 3.63) is 0 Å². The Balaban J connectivity index is 4.06. The van der Waals surface area contributed by atoms with Crippen LogP contribution in [0.15, 0.2) is 0 Å². The molecule has 0 spiro atoms. The number of aliphatic carboxylic acids is 1.